The minimum atomic E-state index is -0.816. The van der Waals surface area contributed by atoms with Crippen molar-refractivity contribution in [3.05, 3.63) is 57.8 Å². The molecule has 0 bridgehead atoms. The Bertz CT molecular complexity index is 1010. The molecule has 0 atom stereocenters. The fourth-order valence-corrected chi connectivity index (χ4v) is 2.85. The van der Waals surface area contributed by atoms with Gasteiger partial charge in [-0.15, -0.1) is 0 Å². The van der Waals surface area contributed by atoms with Crippen LogP contribution in [-0.4, -0.2) is 33.3 Å². The van der Waals surface area contributed by atoms with Crippen molar-refractivity contribution < 1.29 is 24.0 Å². The summed E-state index contributed by atoms with van der Waals surface area (Å²) in [6.07, 6.45) is 0.892. The van der Waals surface area contributed by atoms with E-state index in [-0.39, 0.29) is 11.5 Å². The number of hydrogen-bond acceptors (Lipinski definition) is 7. The van der Waals surface area contributed by atoms with E-state index in [0.717, 1.165) is 5.56 Å². The first kappa shape index (κ1) is 25.6. The van der Waals surface area contributed by atoms with Gasteiger partial charge in [0.15, 0.2) is 0 Å². The summed E-state index contributed by atoms with van der Waals surface area (Å²) in [4.78, 5) is 39.0. The van der Waals surface area contributed by atoms with Gasteiger partial charge in [0.25, 0.3) is 0 Å². The molecule has 2 rings (SSSR count). The number of carbonyl (C=O) groups is 2. The van der Waals surface area contributed by atoms with E-state index in [4.69, 9.17) is 9.47 Å². The largest absolute Gasteiger partial charge is 0.444 e. The summed E-state index contributed by atoms with van der Waals surface area (Å²) in [5.41, 5.74) is 0.300. The molecule has 0 radical (unpaired) electrons. The van der Waals surface area contributed by atoms with Crippen molar-refractivity contribution in [1.29, 1.82) is 0 Å². The first-order valence-corrected chi connectivity index (χ1v) is 10.4. The molecule has 10 nitrogen and oxygen atoms in total. The fourth-order valence-electron chi connectivity index (χ4n) is 2.85. The number of amides is 2. The molecule has 2 aromatic rings. The molecule has 2 amide bonds. The van der Waals surface area contributed by atoms with Crippen molar-refractivity contribution in [1.82, 2.24) is 4.98 Å². The van der Waals surface area contributed by atoms with E-state index in [0.29, 0.717) is 24.1 Å². The van der Waals surface area contributed by atoms with Gasteiger partial charge >= 0.3 is 17.9 Å². The van der Waals surface area contributed by atoms with Crippen LogP contribution in [0.1, 0.15) is 52.7 Å². The zero-order valence-corrected chi connectivity index (χ0v) is 19.7. The number of nitro groups is 1. The van der Waals surface area contributed by atoms with Crippen LogP contribution < -0.4 is 10.6 Å². The Balaban J connectivity index is 2.08. The number of pyridine rings is 1. The molecule has 33 heavy (non-hydrogen) atoms. The van der Waals surface area contributed by atoms with Gasteiger partial charge in [-0.2, -0.15) is 0 Å². The Hall–Kier alpha value is -3.69. The number of rotatable bonds is 6. The van der Waals surface area contributed by atoms with E-state index in [1.54, 1.807) is 59.7 Å². The van der Waals surface area contributed by atoms with Gasteiger partial charge < -0.3 is 9.47 Å². The highest BCUT2D eigenvalue weighted by atomic mass is 16.6. The average molecular weight is 459 g/mol. The zero-order chi connectivity index (χ0) is 24.8. The number of benzene rings is 1. The maximum absolute atomic E-state index is 12.0. The van der Waals surface area contributed by atoms with Crippen LogP contribution in [0.4, 0.5) is 26.8 Å². The molecule has 0 saturated carbocycles. The number of nitrogens with one attached hydrogen (secondary N) is 2. The van der Waals surface area contributed by atoms with Gasteiger partial charge in [-0.3, -0.25) is 20.7 Å². The normalized spacial score (nSPS) is 11.5. The van der Waals surface area contributed by atoms with E-state index in [1.165, 1.54) is 6.20 Å². The lowest BCUT2D eigenvalue weighted by molar-refractivity contribution is -0.384. The molecule has 0 aliphatic heterocycles. The van der Waals surface area contributed by atoms with Crippen molar-refractivity contribution in [3.63, 3.8) is 0 Å². The number of nitrogens with zero attached hydrogens (tertiary/aromatic N) is 2. The fraction of sp³-hybridized carbons (Fsp3) is 0.435. The Kier molecular flexibility index (Phi) is 7.97. The van der Waals surface area contributed by atoms with Crippen LogP contribution in [0, 0.1) is 10.1 Å². The maximum Gasteiger partial charge on any atom is 0.413 e. The Morgan fingerprint density at radius 1 is 0.909 bits per heavy atom. The van der Waals surface area contributed by atoms with Gasteiger partial charge in [0.05, 0.1) is 4.92 Å². The zero-order valence-electron chi connectivity index (χ0n) is 19.7. The molecule has 178 valence electrons. The first-order chi connectivity index (χ1) is 15.2. The lowest BCUT2D eigenvalue weighted by atomic mass is 10.0. The quantitative estimate of drug-likeness (QED) is 0.433. The summed E-state index contributed by atoms with van der Waals surface area (Å²) in [5.74, 6) is -0.163. The van der Waals surface area contributed by atoms with Gasteiger partial charge in [0.2, 0.25) is 5.82 Å². The first-order valence-electron chi connectivity index (χ1n) is 10.4. The second kappa shape index (κ2) is 10.3. The number of anilines is 2. The maximum atomic E-state index is 12.0. The number of hydrogen-bond donors (Lipinski definition) is 2. The SMILES string of the molecule is CC(C)(C)OC(=O)Nc1ccc(CCc2ccnc(NC(=O)OC(C)(C)C)c2[N+](=O)[O-])cc1. The number of ether oxygens (including phenoxy) is 2. The molecular formula is C23H30N4O6. The Morgan fingerprint density at radius 2 is 1.45 bits per heavy atom. The molecule has 0 aliphatic carbocycles. The van der Waals surface area contributed by atoms with Gasteiger partial charge in [0, 0.05) is 17.4 Å². The highest BCUT2D eigenvalue weighted by molar-refractivity contribution is 5.87. The summed E-state index contributed by atoms with van der Waals surface area (Å²) in [7, 11) is 0. The number of carbonyl (C=O) groups excluding carboxylic acids is 2. The van der Waals surface area contributed by atoms with Gasteiger partial charge in [-0.05, 0) is 78.1 Å². The molecular weight excluding hydrogens is 428 g/mol. The van der Waals surface area contributed by atoms with Crippen molar-refractivity contribution in [3.8, 4) is 0 Å². The number of aromatic nitrogens is 1. The van der Waals surface area contributed by atoms with E-state index < -0.39 is 28.3 Å². The van der Waals surface area contributed by atoms with Crippen molar-refractivity contribution >= 4 is 29.4 Å². The molecule has 0 aliphatic rings. The smallest absolute Gasteiger partial charge is 0.413 e. The predicted molar refractivity (Wildman–Crippen MR) is 124 cm³/mol. The molecule has 0 unspecified atom stereocenters. The second-order valence-electron chi connectivity index (χ2n) is 9.38. The molecule has 10 heteroatoms. The van der Waals surface area contributed by atoms with Crippen LogP contribution in [0.2, 0.25) is 0 Å². The van der Waals surface area contributed by atoms with Crippen molar-refractivity contribution in [2.24, 2.45) is 0 Å². The van der Waals surface area contributed by atoms with E-state index in [2.05, 4.69) is 15.6 Å². The molecule has 1 aromatic heterocycles. The van der Waals surface area contributed by atoms with Crippen LogP contribution in [0.15, 0.2) is 36.5 Å². The van der Waals surface area contributed by atoms with E-state index >= 15 is 0 Å². The minimum absolute atomic E-state index is 0.163. The highest BCUT2D eigenvalue weighted by Gasteiger charge is 2.25. The van der Waals surface area contributed by atoms with Gasteiger partial charge in [0.1, 0.15) is 11.2 Å². The summed E-state index contributed by atoms with van der Waals surface area (Å²) in [6, 6.07) is 8.65. The second-order valence-corrected chi connectivity index (χ2v) is 9.38. The topological polar surface area (TPSA) is 133 Å². The third-order valence-corrected chi connectivity index (χ3v) is 4.09. The van der Waals surface area contributed by atoms with Gasteiger partial charge in [-0.25, -0.2) is 14.6 Å². The summed E-state index contributed by atoms with van der Waals surface area (Å²) < 4.78 is 10.4. The molecule has 0 saturated heterocycles. The third-order valence-electron chi connectivity index (χ3n) is 4.09. The molecule has 2 N–H and O–H groups in total. The van der Waals surface area contributed by atoms with Crippen LogP contribution in [0.5, 0.6) is 0 Å². The molecule has 1 aromatic carbocycles. The van der Waals surface area contributed by atoms with Crippen molar-refractivity contribution in [2.75, 3.05) is 10.6 Å². The molecule has 0 spiro atoms. The number of aryl methyl sites for hydroxylation is 2. The predicted octanol–water partition coefficient (Wildman–Crippen LogP) is 5.47. The Morgan fingerprint density at radius 3 is 1.97 bits per heavy atom. The molecule has 1 heterocycles. The summed E-state index contributed by atoms with van der Waals surface area (Å²) in [6.45, 7) is 10.4. The lowest BCUT2D eigenvalue weighted by Crippen LogP contribution is -2.27. The molecule has 0 fully saturated rings. The lowest BCUT2D eigenvalue weighted by Gasteiger charge is -2.19. The van der Waals surface area contributed by atoms with Crippen LogP contribution >= 0.6 is 0 Å². The average Bonchev–Trinajstić information content (AvgIpc) is 2.64. The third kappa shape index (κ3) is 8.76. The summed E-state index contributed by atoms with van der Waals surface area (Å²) >= 11 is 0. The monoisotopic (exact) mass is 458 g/mol. The standard InChI is InChI=1S/C23H30N4O6/c1-22(2,3)32-20(28)25-17-11-8-15(9-12-17)7-10-16-13-14-24-19(18(16)27(30)31)26-21(29)33-23(4,5)6/h8-9,11-14H,7,10H2,1-6H3,(H,25,28)(H,24,26,29). The van der Waals surface area contributed by atoms with E-state index in [9.17, 15) is 19.7 Å². The van der Waals surface area contributed by atoms with Crippen molar-refractivity contribution in [2.45, 2.75) is 65.6 Å². The van der Waals surface area contributed by atoms with Gasteiger partial charge in [-0.1, -0.05) is 12.1 Å². The van der Waals surface area contributed by atoms with Crippen LogP contribution in [0.25, 0.3) is 0 Å². The summed E-state index contributed by atoms with van der Waals surface area (Å²) in [5, 5.41) is 16.7. The van der Waals surface area contributed by atoms with Crippen LogP contribution in [0.3, 0.4) is 0 Å². The minimum Gasteiger partial charge on any atom is -0.444 e. The van der Waals surface area contributed by atoms with E-state index in [1.807, 2.05) is 12.1 Å². The highest BCUT2D eigenvalue weighted by Crippen LogP contribution is 2.28. The van der Waals surface area contributed by atoms with Crippen LogP contribution in [-0.2, 0) is 22.3 Å². The Labute approximate surface area is 192 Å².